The van der Waals surface area contributed by atoms with Gasteiger partial charge in [-0.2, -0.15) is 10.2 Å². The number of hydrogen-bond acceptors (Lipinski definition) is 10. The lowest BCUT2D eigenvalue weighted by molar-refractivity contribution is 0.0450. The van der Waals surface area contributed by atoms with Gasteiger partial charge in [-0.3, -0.25) is 0 Å². The van der Waals surface area contributed by atoms with Crippen LogP contribution in [-0.4, -0.2) is 47.8 Å². The molecule has 0 unspecified atom stereocenters. The Balaban J connectivity index is 0.000000462. The van der Waals surface area contributed by atoms with Crippen LogP contribution in [0.25, 0.3) is 0 Å². The van der Waals surface area contributed by atoms with Gasteiger partial charge in [0.15, 0.2) is 0 Å². The van der Waals surface area contributed by atoms with Crippen LogP contribution in [0.1, 0.15) is 123 Å². The molecule has 10 heteroatoms. The Morgan fingerprint density at radius 1 is 0.562 bits per heavy atom. The van der Waals surface area contributed by atoms with Crippen LogP contribution in [0.2, 0.25) is 0 Å². The van der Waals surface area contributed by atoms with E-state index >= 15 is 0 Å². The second-order valence-electron chi connectivity index (χ2n) is 11.0. The van der Waals surface area contributed by atoms with E-state index < -0.39 is 11.9 Å². The van der Waals surface area contributed by atoms with Gasteiger partial charge >= 0.3 is 11.9 Å². The first kappa shape index (κ1) is 41.2. The lowest BCUT2D eigenvalue weighted by atomic mass is 10.1. The highest BCUT2D eigenvalue weighted by molar-refractivity contribution is 6.03. The highest BCUT2D eigenvalue weighted by Crippen LogP contribution is 2.15. The van der Waals surface area contributed by atoms with Gasteiger partial charge in [-0.05, 0) is 49.2 Å². The Morgan fingerprint density at radius 2 is 0.896 bits per heavy atom. The van der Waals surface area contributed by atoms with Crippen LogP contribution >= 0.6 is 0 Å². The lowest BCUT2D eigenvalue weighted by Crippen LogP contribution is -2.15. The van der Waals surface area contributed by atoms with E-state index in [9.17, 15) is 9.59 Å². The molecule has 0 amide bonds. The van der Waals surface area contributed by atoms with Crippen LogP contribution in [0.15, 0.2) is 83.0 Å². The Morgan fingerprint density at radius 3 is 1.25 bits per heavy atom. The van der Waals surface area contributed by atoms with Crippen LogP contribution in [0, 0.1) is 0 Å². The molecule has 3 aromatic carbocycles. The van der Waals surface area contributed by atoms with Crippen molar-refractivity contribution in [3.63, 3.8) is 0 Å². The normalized spacial score (nSPS) is 10.5. The zero-order valence-corrected chi connectivity index (χ0v) is 28.6. The number of aromatic hydroxyl groups is 2. The van der Waals surface area contributed by atoms with Crippen molar-refractivity contribution in [1.82, 2.24) is 0 Å². The minimum Gasteiger partial charge on any atom is -0.507 e. The number of hydrogen-bond donors (Lipinski definition) is 4. The Hall–Kier alpha value is -4.86. The maximum absolute atomic E-state index is 12.4. The van der Waals surface area contributed by atoms with Crippen molar-refractivity contribution in [3.8, 4) is 11.5 Å². The van der Waals surface area contributed by atoms with Crippen molar-refractivity contribution in [2.75, 3.05) is 13.2 Å². The Kier molecular flexibility index (Phi) is 23.4. The zero-order chi connectivity index (χ0) is 35.2. The summed E-state index contributed by atoms with van der Waals surface area (Å²) < 4.78 is 10.7. The number of benzene rings is 3. The molecule has 3 aromatic rings. The molecule has 0 atom stereocenters. The topological polar surface area (TPSA) is 170 Å². The largest absolute Gasteiger partial charge is 0.507 e. The summed E-state index contributed by atoms with van der Waals surface area (Å²) >= 11 is 0. The van der Waals surface area contributed by atoms with Gasteiger partial charge in [-0.1, -0.05) is 114 Å². The number of nitrogens with two attached hydrogens (primary N) is 2. The molecule has 0 heterocycles. The molecule has 0 radical (unpaired) electrons. The Labute approximate surface area is 285 Å². The first-order chi connectivity index (χ1) is 23.4. The van der Waals surface area contributed by atoms with Crippen LogP contribution in [-0.2, 0) is 9.47 Å². The predicted octanol–water partition coefficient (Wildman–Crippen LogP) is 8.09. The van der Waals surface area contributed by atoms with E-state index in [0.29, 0.717) is 35.5 Å². The van der Waals surface area contributed by atoms with E-state index in [1.165, 1.54) is 63.8 Å². The van der Waals surface area contributed by atoms with Crippen LogP contribution < -0.4 is 11.7 Å². The molecule has 0 aliphatic rings. The standard InChI is InChI=1S/C24H38O4.2C7H8N2O/c1-3-5-7-9-11-15-19-27-23(25)21-17-13-14-18-22(21)24(26)28-20-16-12-10-8-6-4-2;2*8-9-5-6-3-1-2-4-7(6)10/h13-14,17-18H,3-12,15-16,19-20H2,1-2H3;2*1-5,10H,8H2. The van der Waals surface area contributed by atoms with E-state index in [1.54, 1.807) is 72.8 Å². The number of phenolic OH excluding ortho intramolecular Hbond substituents is 2. The van der Waals surface area contributed by atoms with Gasteiger partial charge in [-0.25, -0.2) is 9.59 Å². The summed E-state index contributed by atoms with van der Waals surface area (Å²) in [7, 11) is 0. The number of hydrazone groups is 2. The van der Waals surface area contributed by atoms with Gasteiger partial charge in [-0.15, -0.1) is 0 Å². The van der Waals surface area contributed by atoms with Crippen molar-refractivity contribution < 1.29 is 29.3 Å². The maximum atomic E-state index is 12.4. The molecule has 48 heavy (non-hydrogen) atoms. The van der Waals surface area contributed by atoms with Gasteiger partial charge in [0.05, 0.1) is 36.8 Å². The molecule has 0 aromatic heterocycles. The second kappa shape index (κ2) is 27.3. The van der Waals surface area contributed by atoms with Crippen molar-refractivity contribution in [2.45, 2.75) is 90.9 Å². The smallest absolute Gasteiger partial charge is 0.339 e. The van der Waals surface area contributed by atoms with E-state index in [1.807, 2.05) is 0 Å². The number of carbonyl (C=O) groups is 2. The van der Waals surface area contributed by atoms with Crippen molar-refractivity contribution in [3.05, 3.63) is 95.1 Å². The third-order valence-corrected chi connectivity index (χ3v) is 7.13. The molecule has 0 spiro atoms. The SMILES string of the molecule is CCCCCCCCOC(=O)c1ccccc1C(=O)OCCCCCCCC.NN=Cc1ccccc1O.NN=Cc1ccccc1O. The maximum Gasteiger partial charge on any atom is 0.339 e. The van der Waals surface area contributed by atoms with Crippen molar-refractivity contribution >= 4 is 24.4 Å². The summed E-state index contributed by atoms with van der Waals surface area (Å²) in [6.07, 6.45) is 16.4. The first-order valence-corrected chi connectivity index (χ1v) is 16.8. The summed E-state index contributed by atoms with van der Waals surface area (Å²) in [6, 6.07) is 20.4. The zero-order valence-electron chi connectivity index (χ0n) is 28.6. The van der Waals surface area contributed by atoms with Gasteiger partial charge in [0.25, 0.3) is 0 Å². The fourth-order valence-corrected chi connectivity index (χ4v) is 4.44. The summed E-state index contributed by atoms with van der Waals surface area (Å²) in [6.45, 7) is 5.17. The molecule has 0 fully saturated rings. The number of ether oxygens (including phenoxy) is 2. The second-order valence-corrected chi connectivity index (χ2v) is 11.0. The van der Waals surface area contributed by atoms with Crippen LogP contribution in [0.5, 0.6) is 11.5 Å². The number of para-hydroxylation sites is 2. The highest BCUT2D eigenvalue weighted by atomic mass is 16.5. The quantitative estimate of drug-likeness (QED) is 0.0348. The van der Waals surface area contributed by atoms with Crippen molar-refractivity contribution in [2.24, 2.45) is 21.9 Å². The number of phenols is 2. The van der Waals surface area contributed by atoms with E-state index in [2.05, 4.69) is 24.1 Å². The molecular formula is C38H54N4O6. The molecule has 3 rings (SSSR count). The third kappa shape index (κ3) is 18.3. The number of esters is 2. The third-order valence-electron chi connectivity index (χ3n) is 7.13. The molecule has 10 nitrogen and oxygen atoms in total. The van der Waals surface area contributed by atoms with Crippen LogP contribution in [0.4, 0.5) is 0 Å². The minimum atomic E-state index is -0.444. The molecule has 0 bridgehead atoms. The van der Waals surface area contributed by atoms with E-state index in [4.69, 9.17) is 31.4 Å². The average molecular weight is 663 g/mol. The van der Waals surface area contributed by atoms with Gasteiger partial charge in [0.1, 0.15) is 11.5 Å². The predicted molar refractivity (Wildman–Crippen MR) is 194 cm³/mol. The summed E-state index contributed by atoms with van der Waals surface area (Å²) in [5.41, 5.74) is 1.85. The Bertz CT molecular complexity index is 1260. The number of nitrogens with zero attached hydrogens (tertiary/aromatic N) is 2. The van der Waals surface area contributed by atoms with Gasteiger partial charge in [0, 0.05) is 11.1 Å². The number of carbonyl (C=O) groups excluding carboxylic acids is 2. The first-order valence-electron chi connectivity index (χ1n) is 16.8. The number of rotatable bonds is 18. The molecule has 6 N–H and O–H groups in total. The van der Waals surface area contributed by atoms with Crippen LogP contribution in [0.3, 0.4) is 0 Å². The van der Waals surface area contributed by atoms with Gasteiger partial charge in [0.2, 0.25) is 0 Å². The highest BCUT2D eigenvalue weighted by Gasteiger charge is 2.18. The molecular weight excluding hydrogens is 608 g/mol. The minimum absolute atomic E-state index is 0.191. The van der Waals surface area contributed by atoms with E-state index in [0.717, 1.165) is 25.7 Å². The summed E-state index contributed by atoms with van der Waals surface area (Å²) in [5, 5.41) is 24.8. The van der Waals surface area contributed by atoms with E-state index in [-0.39, 0.29) is 11.5 Å². The monoisotopic (exact) mass is 662 g/mol. The average Bonchev–Trinajstić information content (AvgIpc) is 3.10. The molecule has 262 valence electrons. The lowest BCUT2D eigenvalue weighted by Gasteiger charge is -2.10. The fourth-order valence-electron chi connectivity index (χ4n) is 4.44. The number of unbranched alkanes of at least 4 members (excludes halogenated alkanes) is 10. The molecule has 0 saturated carbocycles. The summed E-state index contributed by atoms with van der Waals surface area (Å²) in [4.78, 5) is 24.7. The molecule has 0 saturated heterocycles. The van der Waals surface area contributed by atoms with Crippen molar-refractivity contribution in [1.29, 1.82) is 0 Å². The summed E-state index contributed by atoms with van der Waals surface area (Å²) in [5.74, 6) is 9.27. The fraction of sp³-hybridized carbons (Fsp3) is 0.421. The van der Waals surface area contributed by atoms with Gasteiger partial charge < -0.3 is 31.4 Å². The molecule has 0 aliphatic carbocycles. The molecule has 0 aliphatic heterocycles.